The number of nitrogens with zero attached hydrogens (tertiary/aromatic N) is 1. The van der Waals surface area contributed by atoms with Gasteiger partial charge in [0.1, 0.15) is 5.84 Å². The maximum absolute atomic E-state index is 12.8. The zero-order valence-electron chi connectivity index (χ0n) is 17.0. The number of sulfonamides is 1. The molecule has 1 aliphatic rings. The number of carbonyl (C=O) groups excluding carboxylic acids is 1. The molecule has 0 unspecified atom stereocenters. The molecule has 6 nitrogen and oxygen atoms in total. The molecule has 0 saturated carbocycles. The summed E-state index contributed by atoms with van der Waals surface area (Å²) in [7, 11) is -3.87. The van der Waals surface area contributed by atoms with Crippen molar-refractivity contribution in [2.45, 2.75) is 36.8 Å². The molecule has 0 fully saturated rings. The van der Waals surface area contributed by atoms with Gasteiger partial charge in [-0.25, -0.2) is 8.42 Å². The number of alkyl halides is 3. The van der Waals surface area contributed by atoms with Crippen molar-refractivity contribution in [3.8, 4) is 0 Å². The molecule has 0 spiro atoms. The fraction of sp³-hybridized carbons (Fsp3) is 0.273. The lowest BCUT2D eigenvalue weighted by molar-refractivity contribution is -0.137. The SMILES string of the molecule is O=C(/C=C/c1cccc(C(F)(F)F)c1)Nc1cccc(S(=O)(=O)NC2=NCCCCC2)c1. The van der Waals surface area contributed by atoms with E-state index in [1.165, 1.54) is 42.5 Å². The normalized spacial score (nSPS) is 15.2. The van der Waals surface area contributed by atoms with Crippen LogP contribution in [-0.4, -0.2) is 26.7 Å². The van der Waals surface area contributed by atoms with Crippen molar-refractivity contribution in [2.24, 2.45) is 4.99 Å². The molecule has 170 valence electrons. The molecule has 3 rings (SSSR count). The fourth-order valence-electron chi connectivity index (χ4n) is 3.09. The molecule has 2 N–H and O–H groups in total. The average Bonchev–Trinajstić information content (AvgIpc) is 3.00. The van der Waals surface area contributed by atoms with Gasteiger partial charge < -0.3 is 5.32 Å². The summed E-state index contributed by atoms with van der Waals surface area (Å²) in [6.45, 7) is 0.576. The Balaban J connectivity index is 1.68. The highest BCUT2D eigenvalue weighted by molar-refractivity contribution is 7.90. The van der Waals surface area contributed by atoms with Gasteiger partial charge in [-0.3, -0.25) is 14.5 Å². The zero-order chi connectivity index (χ0) is 23.2. The van der Waals surface area contributed by atoms with E-state index in [4.69, 9.17) is 0 Å². The number of halogens is 3. The maximum Gasteiger partial charge on any atom is 0.416 e. The second-order valence-corrected chi connectivity index (χ2v) is 8.90. The Kier molecular flexibility index (Phi) is 7.34. The Morgan fingerprint density at radius 2 is 1.81 bits per heavy atom. The molecule has 1 amide bonds. The molecule has 1 aliphatic heterocycles. The molecule has 0 bridgehead atoms. The Morgan fingerprint density at radius 1 is 1.03 bits per heavy atom. The first-order valence-electron chi connectivity index (χ1n) is 9.96. The van der Waals surface area contributed by atoms with Gasteiger partial charge in [0.2, 0.25) is 5.91 Å². The van der Waals surface area contributed by atoms with Crippen LogP contribution >= 0.6 is 0 Å². The van der Waals surface area contributed by atoms with Gasteiger partial charge in [0, 0.05) is 24.7 Å². The van der Waals surface area contributed by atoms with Crippen molar-refractivity contribution in [1.82, 2.24) is 4.72 Å². The molecular weight excluding hydrogens is 443 g/mol. The molecule has 0 saturated heterocycles. The van der Waals surface area contributed by atoms with Gasteiger partial charge in [0.15, 0.2) is 0 Å². The van der Waals surface area contributed by atoms with Crippen molar-refractivity contribution in [1.29, 1.82) is 0 Å². The van der Waals surface area contributed by atoms with Crippen LogP contribution in [0.25, 0.3) is 6.08 Å². The number of hydrogen-bond acceptors (Lipinski definition) is 4. The van der Waals surface area contributed by atoms with Gasteiger partial charge in [0.05, 0.1) is 10.5 Å². The van der Waals surface area contributed by atoms with E-state index in [0.29, 0.717) is 18.8 Å². The standard InChI is InChI=1S/C22H22F3N3O3S/c23-22(24,25)17-7-4-6-16(14-17)11-12-21(29)27-18-8-5-9-19(15-18)32(30,31)28-20-10-2-1-3-13-26-20/h4-9,11-12,14-15H,1-3,10,13H2,(H,26,28)(H,27,29)/b12-11+. The summed E-state index contributed by atoms with van der Waals surface area (Å²) in [5, 5.41) is 2.51. The Morgan fingerprint density at radius 3 is 2.59 bits per heavy atom. The molecule has 0 aromatic heterocycles. The molecule has 0 aliphatic carbocycles. The lowest BCUT2D eigenvalue weighted by Crippen LogP contribution is -2.30. The summed E-state index contributed by atoms with van der Waals surface area (Å²) in [5.41, 5.74) is -0.377. The predicted molar refractivity (Wildman–Crippen MR) is 117 cm³/mol. The predicted octanol–water partition coefficient (Wildman–Crippen LogP) is 4.61. The van der Waals surface area contributed by atoms with Gasteiger partial charge in [-0.05, 0) is 54.8 Å². The number of rotatable bonds is 5. The minimum atomic E-state index is -4.48. The number of hydrogen-bond donors (Lipinski definition) is 2. The lowest BCUT2D eigenvalue weighted by Gasteiger charge is -2.11. The van der Waals surface area contributed by atoms with Gasteiger partial charge in [-0.2, -0.15) is 13.2 Å². The van der Waals surface area contributed by atoms with Crippen LogP contribution in [0.1, 0.15) is 36.8 Å². The minimum absolute atomic E-state index is 0.0379. The topological polar surface area (TPSA) is 87.6 Å². The van der Waals surface area contributed by atoms with Gasteiger partial charge in [-0.15, -0.1) is 0 Å². The molecule has 0 radical (unpaired) electrons. The summed E-state index contributed by atoms with van der Waals surface area (Å²) in [6, 6.07) is 10.3. The number of nitrogens with one attached hydrogen (secondary N) is 2. The largest absolute Gasteiger partial charge is 0.416 e. The van der Waals surface area contributed by atoms with Crippen LogP contribution in [0, 0.1) is 0 Å². The van der Waals surface area contributed by atoms with Crippen LogP contribution < -0.4 is 10.0 Å². The molecule has 2 aromatic carbocycles. The average molecular weight is 465 g/mol. The summed E-state index contributed by atoms with van der Waals surface area (Å²) in [4.78, 5) is 16.4. The van der Waals surface area contributed by atoms with E-state index in [1.807, 2.05) is 0 Å². The van der Waals surface area contributed by atoms with E-state index in [0.717, 1.165) is 37.5 Å². The Bertz CT molecular complexity index is 1140. The number of amides is 1. The molecule has 2 aromatic rings. The highest BCUT2D eigenvalue weighted by Crippen LogP contribution is 2.29. The molecule has 32 heavy (non-hydrogen) atoms. The van der Waals surface area contributed by atoms with Gasteiger partial charge in [-0.1, -0.05) is 24.6 Å². The molecule has 10 heteroatoms. The van der Waals surface area contributed by atoms with E-state index in [-0.39, 0.29) is 16.1 Å². The van der Waals surface area contributed by atoms with Crippen LogP contribution in [0.4, 0.5) is 18.9 Å². The third kappa shape index (κ3) is 6.68. The summed E-state index contributed by atoms with van der Waals surface area (Å²) in [5.74, 6) is -0.195. The number of aliphatic imine (C=N–C) groups is 1. The van der Waals surface area contributed by atoms with Crippen molar-refractivity contribution < 1.29 is 26.4 Å². The number of benzene rings is 2. The highest BCUT2D eigenvalue weighted by Gasteiger charge is 2.30. The molecular formula is C22H22F3N3O3S. The van der Waals surface area contributed by atoms with Crippen LogP contribution in [0.5, 0.6) is 0 Å². The third-order valence-corrected chi connectivity index (χ3v) is 6.06. The highest BCUT2D eigenvalue weighted by atomic mass is 32.2. The van der Waals surface area contributed by atoms with Gasteiger partial charge in [0.25, 0.3) is 10.0 Å². The third-order valence-electron chi connectivity index (χ3n) is 4.68. The summed E-state index contributed by atoms with van der Waals surface area (Å²) in [6.07, 6.45) is 1.16. The number of amidine groups is 1. The second kappa shape index (κ2) is 9.99. The quantitative estimate of drug-likeness (QED) is 0.633. The zero-order valence-corrected chi connectivity index (χ0v) is 17.8. The van der Waals surface area contributed by atoms with Crippen molar-refractivity contribution >= 4 is 33.5 Å². The van der Waals surface area contributed by atoms with Crippen molar-refractivity contribution in [3.05, 3.63) is 65.7 Å². The van der Waals surface area contributed by atoms with Crippen LogP contribution in [0.15, 0.2) is 64.5 Å². The molecule has 0 atom stereocenters. The Hall–Kier alpha value is -3.14. The second-order valence-electron chi connectivity index (χ2n) is 7.22. The fourth-order valence-corrected chi connectivity index (χ4v) is 4.22. The van der Waals surface area contributed by atoms with Crippen LogP contribution in [0.2, 0.25) is 0 Å². The van der Waals surface area contributed by atoms with Crippen LogP contribution in [-0.2, 0) is 21.0 Å². The smallest absolute Gasteiger partial charge is 0.322 e. The van der Waals surface area contributed by atoms with E-state index < -0.39 is 27.7 Å². The minimum Gasteiger partial charge on any atom is -0.322 e. The maximum atomic E-state index is 12.8. The first kappa shape index (κ1) is 23.5. The first-order chi connectivity index (χ1) is 15.1. The van der Waals surface area contributed by atoms with E-state index in [9.17, 15) is 26.4 Å². The number of carbonyl (C=O) groups is 1. The monoisotopic (exact) mass is 465 g/mol. The Labute approximate surface area is 184 Å². The number of anilines is 1. The van der Waals surface area contributed by atoms with Crippen LogP contribution in [0.3, 0.4) is 0 Å². The summed E-state index contributed by atoms with van der Waals surface area (Å²) < 4.78 is 66.2. The van der Waals surface area contributed by atoms with E-state index >= 15 is 0 Å². The van der Waals surface area contributed by atoms with Crippen molar-refractivity contribution in [3.63, 3.8) is 0 Å². The first-order valence-corrected chi connectivity index (χ1v) is 11.4. The van der Waals surface area contributed by atoms with E-state index in [2.05, 4.69) is 15.0 Å². The molecule has 1 heterocycles. The van der Waals surface area contributed by atoms with E-state index in [1.54, 1.807) is 0 Å². The lowest BCUT2D eigenvalue weighted by atomic mass is 10.1. The van der Waals surface area contributed by atoms with Crippen molar-refractivity contribution in [2.75, 3.05) is 11.9 Å². The van der Waals surface area contributed by atoms with Gasteiger partial charge >= 0.3 is 6.18 Å². The summed E-state index contributed by atoms with van der Waals surface area (Å²) >= 11 is 0.